The Kier molecular flexibility index (Phi) is 7.65. The van der Waals surface area contributed by atoms with Crippen molar-refractivity contribution < 1.29 is 48.7 Å². The zero-order valence-electron chi connectivity index (χ0n) is 9.70. The highest BCUT2D eigenvalue weighted by Gasteiger charge is 2.19. The summed E-state index contributed by atoms with van der Waals surface area (Å²) in [7, 11) is 0. The zero-order valence-corrected chi connectivity index (χ0v) is 9.70. The van der Waals surface area contributed by atoms with Gasteiger partial charge in [0.05, 0.1) is 0 Å². The fourth-order valence-corrected chi connectivity index (χ4v) is 0.417. The Morgan fingerprint density at radius 1 is 0.778 bits per heavy atom. The molecule has 0 spiro atoms. The third kappa shape index (κ3) is 19.1. The molecule has 0 atom stereocenters. The van der Waals surface area contributed by atoms with E-state index >= 15 is 0 Å². The number of carbonyl (C=O) groups is 4. The van der Waals surface area contributed by atoms with Crippen LogP contribution in [-0.2, 0) is 14.2 Å². The topological polar surface area (TPSA) is 157 Å². The normalized spacial score (nSPS) is 9.28. The predicted octanol–water partition coefficient (Wildman–Crippen LogP) is 1.98. The van der Waals surface area contributed by atoms with Crippen molar-refractivity contribution in [3.05, 3.63) is 0 Å². The van der Waals surface area contributed by atoms with Gasteiger partial charge in [0.25, 0.3) is 0 Å². The molecule has 0 unspecified atom stereocenters. The predicted molar refractivity (Wildman–Crippen MR) is 52.5 cm³/mol. The quantitative estimate of drug-likeness (QED) is 0.438. The summed E-state index contributed by atoms with van der Waals surface area (Å²) in [4.78, 5) is 38.6. The molecule has 18 heavy (non-hydrogen) atoms. The van der Waals surface area contributed by atoms with Gasteiger partial charge in [-0.15, -0.1) is 0 Å². The smallest absolute Gasteiger partial charge is 0.449 e. The molecule has 0 fully saturated rings. The lowest BCUT2D eigenvalue weighted by Crippen LogP contribution is -2.25. The number of carbonyl (C=O) groups excluding carboxylic acids is 1. The van der Waals surface area contributed by atoms with Crippen molar-refractivity contribution in [2.75, 3.05) is 0 Å². The Balaban J connectivity index is 0. The van der Waals surface area contributed by atoms with Crippen molar-refractivity contribution in [2.45, 2.75) is 26.4 Å². The van der Waals surface area contributed by atoms with Crippen molar-refractivity contribution in [1.82, 2.24) is 0 Å². The minimum Gasteiger partial charge on any atom is -0.449 e. The number of hydrogen-bond donors (Lipinski definition) is 3. The Bertz CT molecular complexity index is 313. The van der Waals surface area contributed by atoms with Crippen LogP contribution in [0.1, 0.15) is 20.8 Å². The lowest BCUT2D eigenvalue weighted by atomic mass is 10.2. The first-order chi connectivity index (χ1) is 7.94. The standard InChI is InChI=1S/C6H10O5.C2H2O5/c1-6(2,3)11-5(9)10-4(7)8;3-1(4)7-2(5)6/h1-3H3,(H,7,8);(H,3,4)(H,5,6). The molecule has 0 saturated heterocycles. The van der Waals surface area contributed by atoms with Crippen molar-refractivity contribution >= 4 is 24.6 Å². The monoisotopic (exact) mass is 268 g/mol. The molecule has 0 aromatic rings. The van der Waals surface area contributed by atoms with Crippen LogP contribution in [0.2, 0.25) is 0 Å². The van der Waals surface area contributed by atoms with Crippen molar-refractivity contribution in [2.24, 2.45) is 0 Å². The SMILES string of the molecule is CC(C)(C)OC(=O)OC(=O)O.O=C(O)OC(=O)O. The van der Waals surface area contributed by atoms with E-state index in [1.807, 2.05) is 0 Å². The molecule has 0 saturated carbocycles. The summed E-state index contributed by atoms with van der Waals surface area (Å²) in [6.45, 7) is 4.82. The molecule has 104 valence electrons. The third-order valence-electron chi connectivity index (χ3n) is 0.735. The molecule has 0 aliphatic rings. The van der Waals surface area contributed by atoms with E-state index in [1.54, 1.807) is 20.8 Å². The molecule has 0 aliphatic carbocycles. The van der Waals surface area contributed by atoms with Crippen LogP contribution >= 0.6 is 0 Å². The number of hydrogen-bond acceptors (Lipinski definition) is 7. The Hall–Kier alpha value is -2.52. The highest BCUT2D eigenvalue weighted by Crippen LogP contribution is 2.07. The molecule has 0 heterocycles. The van der Waals surface area contributed by atoms with E-state index in [9.17, 15) is 19.2 Å². The maximum atomic E-state index is 10.4. The second kappa shape index (κ2) is 7.70. The maximum absolute atomic E-state index is 10.4. The van der Waals surface area contributed by atoms with E-state index in [4.69, 9.17) is 15.3 Å². The molecule has 0 aromatic heterocycles. The van der Waals surface area contributed by atoms with Crippen LogP contribution in [0.15, 0.2) is 0 Å². The minimum absolute atomic E-state index is 0.730. The molecule has 0 aromatic carbocycles. The maximum Gasteiger partial charge on any atom is 0.519 e. The molecule has 3 N–H and O–H groups in total. The molecule has 10 nitrogen and oxygen atoms in total. The summed E-state index contributed by atoms with van der Waals surface area (Å²) in [6.07, 6.45) is -6.50. The van der Waals surface area contributed by atoms with Gasteiger partial charge in [0.2, 0.25) is 0 Å². The van der Waals surface area contributed by atoms with Gasteiger partial charge in [-0.05, 0) is 20.8 Å². The van der Waals surface area contributed by atoms with Crippen LogP contribution in [0, 0.1) is 0 Å². The molecular weight excluding hydrogens is 256 g/mol. The van der Waals surface area contributed by atoms with E-state index in [-0.39, 0.29) is 0 Å². The fraction of sp³-hybridized carbons (Fsp3) is 0.500. The van der Waals surface area contributed by atoms with Crippen molar-refractivity contribution in [3.8, 4) is 0 Å². The Morgan fingerprint density at radius 2 is 1.11 bits per heavy atom. The van der Waals surface area contributed by atoms with Crippen LogP contribution in [0.4, 0.5) is 19.2 Å². The molecule has 0 bridgehead atoms. The van der Waals surface area contributed by atoms with E-state index in [0.717, 1.165) is 0 Å². The average molecular weight is 268 g/mol. The van der Waals surface area contributed by atoms with Crippen LogP contribution in [-0.4, -0.2) is 45.5 Å². The first kappa shape index (κ1) is 17.9. The van der Waals surface area contributed by atoms with Crippen LogP contribution in [0.25, 0.3) is 0 Å². The largest absolute Gasteiger partial charge is 0.519 e. The fourth-order valence-electron chi connectivity index (χ4n) is 0.417. The van der Waals surface area contributed by atoms with E-state index in [0.29, 0.717) is 0 Å². The van der Waals surface area contributed by atoms with Gasteiger partial charge in [0, 0.05) is 0 Å². The van der Waals surface area contributed by atoms with Crippen molar-refractivity contribution in [3.63, 3.8) is 0 Å². The lowest BCUT2D eigenvalue weighted by molar-refractivity contribution is -0.000171. The molecule has 0 amide bonds. The van der Waals surface area contributed by atoms with Gasteiger partial charge in [0.1, 0.15) is 5.60 Å². The average Bonchev–Trinajstić information content (AvgIpc) is 1.94. The number of rotatable bonds is 0. The van der Waals surface area contributed by atoms with Crippen LogP contribution in [0.5, 0.6) is 0 Å². The summed E-state index contributed by atoms with van der Waals surface area (Å²) in [6, 6.07) is 0. The summed E-state index contributed by atoms with van der Waals surface area (Å²) >= 11 is 0. The number of carboxylic acid groups (broad SMARTS) is 3. The van der Waals surface area contributed by atoms with E-state index in [2.05, 4.69) is 14.2 Å². The molecule has 0 aliphatic heterocycles. The van der Waals surface area contributed by atoms with Crippen molar-refractivity contribution in [1.29, 1.82) is 0 Å². The van der Waals surface area contributed by atoms with Gasteiger partial charge in [-0.2, -0.15) is 0 Å². The molecule has 0 radical (unpaired) electrons. The molecular formula is C8H12O10. The second-order valence-corrected chi connectivity index (χ2v) is 3.47. The minimum atomic E-state index is -1.81. The van der Waals surface area contributed by atoms with Gasteiger partial charge < -0.3 is 29.5 Å². The van der Waals surface area contributed by atoms with E-state index < -0.39 is 30.2 Å². The Labute approximate surface area is 101 Å². The first-order valence-corrected chi connectivity index (χ1v) is 4.21. The summed E-state index contributed by atoms with van der Waals surface area (Å²) in [5.41, 5.74) is -0.730. The van der Waals surface area contributed by atoms with Gasteiger partial charge in [0.15, 0.2) is 0 Å². The Morgan fingerprint density at radius 3 is 1.28 bits per heavy atom. The summed E-state index contributed by atoms with van der Waals surface area (Å²) < 4.78 is 11.3. The lowest BCUT2D eigenvalue weighted by Gasteiger charge is -2.17. The highest BCUT2D eigenvalue weighted by atomic mass is 16.8. The van der Waals surface area contributed by atoms with E-state index in [1.165, 1.54) is 0 Å². The third-order valence-corrected chi connectivity index (χ3v) is 0.735. The van der Waals surface area contributed by atoms with Crippen LogP contribution < -0.4 is 0 Å². The molecule has 10 heteroatoms. The van der Waals surface area contributed by atoms with Gasteiger partial charge in [-0.3, -0.25) is 0 Å². The van der Waals surface area contributed by atoms with Gasteiger partial charge in [-0.1, -0.05) is 0 Å². The van der Waals surface area contributed by atoms with Gasteiger partial charge in [-0.25, -0.2) is 19.2 Å². The van der Waals surface area contributed by atoms with Gasteiger partial charge >= 0.3 is 24.6 Å². The highest BCUT2D eigenvalue weighted by molar-refractivity contribution is 5.75. The summed E-state index contributed by atoms with van der Waals surface area (Å²) in [5, 5.41) is 22.9. The zero-order chi connectivity index (χ0) is 14.9. The second-order valence-electron chi connectivity index (χ2n) is 3.47. The summed E-state index contributed by atoms with van der Waals surface area (Å²) in [5.74, 6) is 0. The first-order valence-electron chi connectivity index (χ1n) is 4.21. The van der Waals surface area contributed by atoms with Crippen LogP contribution in [0.3, 0.4) is 0 Å². The molecule has 0 rings (SSSR count). The number of ether oxygens (including phenoxy) is 3.